The molecule has 0 atom stereocenters. The molecule has 0 heterocycles. The predicted molar refractivity (Wildman–Crippen MR) is 81.8 cm³/mol. The van der Waals surface area contributed by atoms with Crippen molar-refractivity contribution in [3.63, 3.8) is 0 Å². The molecule has 0 fully saturated rings. The second kappa shape index (κ2) is 7.13. The molecule has 0 aliphatic carbocycles. The Morgan fingerprint density at radius 2 is 2.05 bits per heavy atom. The molecule has 0 saturated carbocycles. The average molecular weight is 368 g/mol. The molecule has 0 unspecified atom stereocenters. The highest BCUT2D eigenvalue weighted by Crippen LogP contribution is 2.31. The van der Waals surface area contributed by atoms with E-state index in [1.54, 1.807) is 20.8 Å². The molecular formula is C13H17BrClFN2O2. The number of nitrogens with one attached hydrogen (secondary N) is 2. The summed E-state index contributed by atoms with van der Waals surface area (Å²) < 4.78 is 18.7. The molecule has 2 N–H and O–H groups in total. The molecule has 1 aromatic carbocycles. The van der Waals surface area contributed by atoms with Gasteiger partial charge in [0.15, 0.2) is 0 Å². The van der Waals surface area contributed by atoms with E-state index in [1.165, 1.54) is 12.1 Å². The fourth-order valence-corrected chi connectivity index (χ4v) is 2.34. The molecule has 112 valence electrons. The van der Waals surface area contributed by atoms with Gasteiger partial charge < -0.3 is 15.4 Å². The number of hydrogen-bond acceptors (Lipinski definition) is 3. The van der Waals surface area contributed by atoms with Crippen LogP contribution in [0, 0.1) is 5.82 Å². The van der Waals surface area contributed by atoms with Crippen LogP contribution < -0.4 is 10.6 Å². The number of carbonyl (C=O) groups is 1. The first-order valence-electron chi connectivity index (χ1n) is 6.04. The lowest BCUT2D eigenvalue weighted by Gasteiger charge is -2.19. The van der Waals surface area contributed by atoms with Crippen molar-refractivity contribution in [3.05, 3.63) is 27.4 Å². The van der Waals surface area contributed by atoms with Crippen molar-refractivity contribution in [2.45, 2.75) is 26.4 Å². The van der Waals surface area contributed by atoms with Gasteiger partial charge in [-0.15, -0.1) is 0 Å². The van der Waals surface area contributed by atoms with E-state index < -0.39 is 17.5 Å². The van der Waals surface area contributed by atoms with Gasteiger partial charge in [0, 0.05) is 17.6 Å². The van der Waals surface area contributed by atoms with Gasteiger partial charge in [0.05, 0.1) is 10.7 Å². The number of amides is 1. The zero-order valence-corrected chi connectivity index (χ0v) is 13.9. The molecule has 0 spiro atoms. The fourth-order valence-electron chi connectivity index (χ4n) is 1.38. The smallest absolute Gasteiger partial charge is 0.407 e. The van der Waals surface area contributed by atoms with E-state index in [4.69, 9.17) is 16.3 Å². The van der Waals surface area contributed by atoms with Crippen LogP contribution in [0.4, 0.5) is 14.9 Å². The Balaban J connectivity index is 2.41. The van der Waals surface area contributed by atoms with Crippen molar-refractivity contribution < 1.29 is 13.9 Å². The number of carbonyl (C=O) groups excluding carboxylic acids is 1. The van der Waals surface area contributed by atoms with Crippen molar-refractivity contribution in [1.29, 1.82) is 0 Å². The molecule has 4 nitrogen and oxygen atoms in total. The van der Waals surface area contributed by atoms with Crippen LogP contribution in [0.25, 0.3) is 0 Å². The second-order valence-corrected chi connectivity index (χ2v) is 6.36. The molecule has 7 heteroatoms. The maximum absolute atomic E-state index is 13.0. The van der Waals surface area contributed by atoms with Crippen molar-refractivity contribution in [2.24, 2.45) is 0 Å². The Labute approximate surface area is 131 Å². The molecule has 0 saturated heterocycles. The topological polar surface area (TPSA) is 50.4 Å². The van der Waals surface area contributed by atoms with Crippen LogP contribution in [0.15, 0.2) is 16.6 Å². The van der Waals surface area contributed by atoms with Crippen LogP contribution in [0.5, 0.6) is 0 Å². The summed E-state index contributed by atoms with van der Waals surface area (Å²) in [5, 5.41) is 5.89. The van der Waals surface area contributed by atoms with Crippen molar-refractivity contribution in [2.75, 3.05) is 18.4 Å². The van der Waals surface area contributed by atoms with Gasteiger partial charge in [0.2, 0.25) is 0 Å². The van der Waals surface area contributed by atoms with E-state index in [0.29, 0.717) is 23.2 Å². The first-order chi connectivity index (χ1) is 9.19. The van der Waals surface area contributed by atoms with E-state index >= 15 is 0 Å². The summed E-state index contributed by atoms with van der Waals surface area (Å²) in [5.41, 5.74) is 0.0555. The highest BCUT2D eigenvalue weighted by molar-refractivity contribution is 9.10. The third kappa shape index (κ3) is 5.96. The summed E-state index contributed by atoms with van der Waals surface area (Å²) in [6.45, 7) is 6.17. The maximum atomic E-state index is 13.0. The van der Waals surface area contributed by atoms with Gasteiger partial charge in [-0.25, -0.2) is 9.18 Å². The average Bonchev–Trinajstić information content (AvgIpc) is 2.23. The Morgan fingerprint density at radius 1 is 1.40 bits per heavy atom. The quantitative estimate of drug-likeness (QED) is 0.785. The van der Waals surface area contributed by atoms with Crippen LogP contribution in [0.3, 0.4) is 0 Å². The van der Waals surface area contributed by atoms with Crippen LogP contribution in [-0.4, -0.2) is 24.8 Å². The van der Waals surface area contributed by atoms with Crippen LogP contribution in [-0.2, 0) is 4.74 Å². The number of benzene rings is 1. The van der Waals surface area contributed by atoms with E-state index in [2.05, 4.69) is 26.6 Å². The fraction of sp³-hybridized carbons (Fsp3) is 0.462. The molecule has 0 radical (unpaired) electrons. The minimum Gasteiger partial charge on any atom is -0.444 e. The zero-order valence-electron chi connectivity index (χ0n) is 11.5. The number of hydrogen-bond donors (Lipinski definition) is 2. The van der Waals surface area contributed by atoms with E-state index in [9.17, 15) is 9.18 Å². The predicted octanol–water partition coefficient (Wildman–Crippen LogP) is 4.18. The summed E-state index contributed by atoms with van der Waals surface area (Å²) in [4.78, 5) is 11.4. The van der Waals surface area contributed by atoms with Crippen molar-refractivity contribution >= 4 is 39.3 Å². The van der Waals surface area contributed by atoms with Crippen molar-refractivity contribution in [1.82, 2.24) is 5.32 Å². The van der Waals surface area contributed by atoms with Crippen LogP contribution >= 0.6 is 27.5 Å². The molecule has 20 heavy (non-hydrogen) atoms. The lowest BCUT2D eigenvalue weighted by molar-refractivity contribution is 0.0530. The van der Waals surface area contributed by atoms with Gasteiger partial charge in [0.25, 0.3) is 0 Å². The third-order valence-electron chi connectivity index (χ3n) is 2.10. The molecule has 1 amide bonds. The van der Waals surface area contributed by atoms with Gasteiger partial charge in [-0.05, 0) is 48.8 Å². The summed E-state index contributed by atoms with van der Waals surface area (Å²) in [7, 11) is 0. The summed E-state index contributed by atoms with van der Waals surface area (Å²) in [6.07, 6.45) is -0.483. The maximum Gasteiger partial charge on any atom is 0.407 e. The molecular weight excluding hydrogens is 351 g/mol. The Kier molecular flexibility index (Phi) is 6.07. The highest BCUT2D eigenvalue weighted by Gasteiger charge is 2.15. The van der Waals surface area contributed by atoms with E-state index in [0.717, 1.165) is 0 Å². The van der Waals surface area contributed by atoms with E-state index in [1.807, 2.05) is 0 Å². The SMILES string of the molecule is CC(C)(C)OC(=O)NCCNc1c(Cl)cc(F)cc1Br. The Hall–Kier alpha value is -1.01. The first-order valence-corrected chi connectivity index (χ1v) is 7.21. The minimum absolute atomic E-state index is 0.272. The lowest BCUT2D eigenvalue weighted by atomic mass is 10.2. The highest BCUT2D eigenvalue weighted by atomic mass is 79.9. The number of alkyl carbamates (subject to hydrolysis) is 1. The summed E-state index contributed by atoms with van der Waals surface area (Å²) in [6, 6.07) is 2.53. The molecule has 1 aromatic rings. The van der Waals surface area contributed by atoms with Gasteiger partial charge in [0.1, 0.15) is 11.4 Å². The number of anilines is 1. The number of halogens is 3. The Bertz CT molecular complexity index is 469. The third-order valence-corrected chi connectivity index (χ3v) is 3.03. The normalized spacial score (nSPS) is 11.1. The first kappa shape index (κ1) is 17.0. The monoisotopic (exact) mass is 366 g/mol. The standard InChI is InChI=1S/C13H17BrClFN2O2/c1-13(2,3)20-12(19)18-5-4-17-11-9(14)6-8(16)7-10(11)15/h6-7,17H,4-5H2,1-3H3,(H,18,19). The minimum atomic E-state index is -0.527. The Morgan fingerprint density at radius 3 is 2.60 bits per heavy atom. The molecule has 1 rings (SSSR count). The molecule has 0 bridgehead atoms. The van der Waals surface area contributed by atoms with Gasteiger partial charge in [-0.3, -0.25) is 0 Å². The molecule has 0 aliphatic heterocycles. The number of ether oxygens (including phenoxy) is 1. The summed E-state index contributed by atoms with van der Waals surface area (Å²) in [5.74, 6) is -0.417. The summed E-state index contributed by atoms with van der Waals surface area (Å²) >= 11 is 9.14. The van der Waals surface area contributed by atoms with E-state index in [-0.39, 0.29) is 5.02 Å². The lowest BCUT2D eigenvalue weighted by Crippen LogP contribution is -2.35. The zero-order chi connectivity index (χ0) is 15.3. The molecule has 0 aliphatic rings. The van der Waals surface area contributed by atoms with Crippen LogP contribution in [0.1, 0.15) is 20.8 Å². The molecule has 0 aromatic heterocycles. The largest absolute Gasteiger partial charge is 0.444 e. The number of rotatable bonds is 4. The second-order valence-electron chi connectivity index (χ2n) is 5.10. The van der Waals surface area contributed by atoms with Crippen LogP contribution in [0.2, 0.25) is 5.02 Å². The van der Waals surface area contributed by atoms with Gasteiger partial charge >= 0.3 is 6.09 Å². The van der Waals surface area contributed by atoms with Gasteiger partial charge in [-0.1, -0.05) is 11.6 Å². The van der Waals surface area contributed by atoms with Gasteiger partial charge in [-0.2, -0.15) is 0 Å². The van der Waals surface area contributed by atoms with Crippen molar-refractivity contribution in [3.8, 4) is 0 Å².